The van der Waals surface area contributed by atoms with Gasteiger partial charge in [0, 0.05) is 24.2 Å². The van der Waals surface area contributed by atoms with Crippen LogP contribution in [0.15, 0.2) is 11.6 Å². The molecule has 52 heavy (non-hydrogen) atoms. The summed E-state index contributed by atoms with van der Waals surface area (Å²) in [5.41, 5.74) is 0.0110. The van der Waals surface area contributed by atoms with Crippen molar-refractivity contribution < 1.29 is 59.1 Å². The highest BCUT2D eigenvalue weighted by molar-refractivity contribution is 5.26. The van der Waals surface area contributed by atoms with E-state index in [0.717, 1.165) is 44.9 Å². The van der Waals surface area contributed by atoms with Gasteiger partial charge in [0.1, 0.15) is 36.6 Å². The molecule has 4 aliphatic heterocycles. The van der Waals surface area contributed by atoms with E-state index in [0.29, 0.717) is 30.8 Å². The molecule has 12 nitrogen and oxygen atoms in total. The minimum atomic E-state index is -1.46. The van der Waals surface area contributed by atoms with Gasteiger partial charge in [-0.05, 0) is 93.3 Å². The number of rotatable bonds is 6. The van der Waals surface area contributed by atoms with Gasteiger partial charge in [0.05, 0.1) is 37.6 Å². The number of fused-ring (bicyclic) bond motifs is 4. The van der Waals surface area contributed by atoms with Crippen LogP contribution in [0.1, 0.15) is 99.8 Å². The summed E-state index contributed by atoms with van der Waals surface area (Å²) < 4.78 is 38.0. The van der Waals surface area contributed by atoms with E-state index in [1.807, 2.05) is 6.92 Å². The minimum Gasteiger partial charge on any atom is -0.394 e. The van der Waals surface area contributed by atoms with Crippen LogP contribution >= 0.6 is 0 Å². The molecule has 0 aromatic heterocycles. The van der Waals surface area contributed by atoms with Gasteiger partial charge in [0.15, 0.2) is 18.4 Å². The van der Waals surface area contributed by atoms with Crippen molar-refractivity contribution in [3.05, 3.63) is 11.6 Å². The Labute approximate surface area is 308 Å². The molecule has 12 heteroatoms. The molecular weight excluding hydrogens is 672 g/mol. The number of aliphatic hydroxyl groups excluding tert-OH is 5. The molecule has 0 radical (unpaired) electrons. The molecule has 2 spiro atoms. The lowest BCUT2D eigenvalue weighted by molar-refractivity contribution is -0.346. The first-order chi connectivity index (χ1) is 24.3. The third-order valence-electron chi connectivity index (χ3n) is 16.3. The van der Waals surface area contributed by atoms with Crippen LogP contribution in [-0.2, 0) is 28.4 Å². The predicted octanol–water partition coefficient (Wildman–Crippen LogP) is 2.78. The normalized spacial score (nSPS) is 57.8. The summed E-state index contributed by atoms with van der Waals surface area (Å²) in [6.07, 6.45) is -0.930. The first kappa shape index (κ1) is 38.1. The van der Waals surface area contributed by atoms with Crippen LogP contribution in [0, 0.1) is 45.3 Å². The Bertz CT molecular complexity index is 1400. The quantitative estimate of drug-likeness (QED) is 0.174. The molecule has 0 aromatic carbocycles. The van der Waals surface area contributed by atoms with E-state index >= 15 is 0 Å². The zero-order valence-electron chi connectivity index (χ0n) is 32.1. The molecular formula is C40H64O12. The Hall–Kier alpha value is -0.740. The average molecular weight is 737 g/mol. The molecule has 2 bridgehead atoms. The largest absolute Gasteiger partial charge is 0.394 e. The van der Waals surface area contributed by atoms with Crippen LogP contribution < -0.4 is 0 Å². The molecule has 8 aliphatic rings. The van der Waals surface area contributed by atoms with E-state index in [1.165, 1.54) is 5.57 Å². The number of hydrogen-bond acceptors (Lipinski definition) is 12. The molecule has 19 atom stereocenters. The monoisotopic (exact) mass is 736 g/mol. The maximum Gasteiger partial charge on any atom is 0.187 e. The van der Waals surface area contributed by atoms with Gasteiger partial charge in [0.2, 0.25) is 0 Å². The van der Waals surface area contributed by atoms with Crippen molar-refractivity contribution in [1.82, 2.24) is 0 Å². The smallest absolute Gasteiger partial charge is 0.187 e. The van der Waals surface area contributed by atoms with E-state index in [1.54, 1.807) is 0 Å². The van der Waals surface area contributed by atoms with Gasteiger partial charge in [-0.1, -0.05) is 39.3 Å². The topological polar surface area (TPSA) is 177 Å². The highest BCUT2D eigenvalue weighted by atomic mass is 16.8. The second-order valence-electron chi connectivity index (χ2n) is 19.7. The third-order valence-corrected chi connectivity index (χ3v) is 16.3. The molecule has 8 fully saturated rings. The van der Waals surface area contributed by atoms with Crippen LogP contribution in [0.4, 0.5) is 0 Å². The summed E-state index contributed by atoms with van der Waals surface area (Å²) in [7, 11) is 0. The Balaban J connectivity index is 1.03. The third kappa shape index (κ3) is 5.29. The zero-order chi connectivity index (χ0) is 37.4. The Kier molecular flexibility index (Phi) is 9.27. The summed E-state index contributed by atoms with van der Waals surface area (Å²) in [4.78, 5) is 0. The van der Waals surface area contributed by atoms with Crippen molar-refractivity contribution in [2.45, 2.75) is 173 Å². The highest BCUT2D eigenvalue weighted by Gasteiger charge is 2.80. The average Bonchev–Trinajstić information content (AvgIpc) is 3.67. The van der Waals surface area contributed by atoms with Gasteiger partial charge in [-0.2, -0.15) is 0 Å². The first-order valence-corrected chi connectivity index (χ1v) is 19.9. The summed E-state index contributed by atoms with van der Waals surface area (Å²) >= 11 is 0. The van der Waals surface area contributed by atoms with Gasteiger partial charge < -0.3 is 59.1 Å². The van der Waals surface area contributed by atoms with E-state index in [2.05, 4.69) is 47.6 Å². The maximum atomic E-state index is 12.1. The summed E-state index contributed by atoms with van der Waals surface area (Å²) in [5, 5.41) is 64.1. The lowest BCUT2D eigenvalue weighted by atomic mass is 9.35. The van der Waals surface area contributed by atoms with Crippen molar-refractivity contribution in [1.29, 1.82) is 0 Å². The fraction of sp³-hybridized carbons (Fsp3) is 0.950. The van der Waals surface area contributed by atoms with Gasteiger partial charge in [0.25, 0.3) is 0 Å². The van der Waals surface area contributed by atoms with Crippen LogP contribution in [0.25, 0.3) is 0 Å². The number of aliphatic hydroxyl groups is 6. The fourth-order valence-corrected chi connectivity index (χ4v) is 14.1. The van der Waals surface area contributed by atoms with Gasteiger partial charge in [-0.25, -0.2) is 0 Å². The first-order valence-electron chi connectivity index (χ1n) is 19.9. The molecule has 4 heterocycles. The molecule has 0 amide bonds. The molecule has 4 aliphatic carbocycles. The molecule has 4 saturated heterocycles. The SMILES string of the molecule is CC(C)=C[C@H]1C[C@](C)(O)[C@H]2[C@@H]3CC[C@@H]4[C@@]5(C)CC[C@H](O[C@@H]6OC[C@H](O)[C@H](O)[C@@H]6O[C@H]6O[C@H](CO)[C@@H](O)[C@@H]6O)C(C)(C)[C@@H]5CC[C@@]4(C)[C@@]34CO[C@@]2(C4)O1. The van der Waals surface area contributed by atoms with E-state index in [-0.39, 0.29) is 46.4 Å². The van der Waals surface area contributed by atoms with Crippen LogP contribution in [0.5, 0.6) is 0 Å². The maximum absolute atomic E-state index is 12.1. The number of hydrogen-bond donors (Lipinski definition) is 6. The number of ether oxygens (including phenoxy) is 6. The summed E-state index contributed by atoms with van der Waals surface area (Å²) in [6, 6.07) is 0. The van der Waals surface area contributed by atoms with E-state index in [4.69, 9.17) is 28.4 Å². The lowest BCUT2D eigenvalue weighted by Gasteiger charge is -2.70. The molecule has 4 saturated carbocycles. The van der Waals surface area contributed by atoms with Gasteiger partial charge >= 0.3 is 0 Å². The molecule has 6 N–H and O–H groups in total. The van der Waals surface area contributed by atoms with Crippen molar-refractivity contribution in [2.24, 2.45) is 45.3 Å². The molecule has 8 rings (SSSR count). The lowest BCUT2D eigenvalue weighted by Crippen LogP contribution is -2.67. The van der Waals surface area contributed by atoms with Crippen LogP contribution in [0.3, 0.4) is 0 Å². The Morgan fingerprint density at radius 3 is 2.31 bits per heavy atom. The fourth-order valence-electron chi connectivity index (χ4n) is 14.1. The minimum absolute atomic E-state index is 0.0159. The molecule has 0 unspecified atom stereocenters. The second kappa shape index (κ2) is 12.6. The highest BCUT2D eigenvalue weighted by Crippen LogP contribution is 2.80. The predicted molar refractivity (Wildman–Crippen MR) is 186 cm³/mol. The van der Waals surface area contributed by atoms with Gasteiger partial charge in [-0.15, -0.1) is 0 Å². The van der Waals surface area contributed by atoms with Crippen molar-refractivity contribution in [2.75, 3.05) is 19.8 Å². The second-order valence-corrected chi connectivity index (χ2v) is 19.7. The van der Waals surface area contributed by atoms with Crippen LogP contribution in [0.2, 0.25) is 0 Å². The van der Waals surface area contributed by atoms with E-state index < -0.39 is 67.2 Å². The Morgan fingerprint density at radius 1 is 0.865 bits per heavy atom. The van der Waals surface area contributed by atoms with Crippen molar-refractivity contribution in [3.63, 3.8) is 0 Å². The Morgan fingerprint density at radius 2 is 1.62 bits per heavy atom. The summed E-state index contributed by atoms with van der Waals surface area (Å²) in [5.74, 6) is 0.337. The summed E-state index contributed by atoms with van der Waals surface area (Å²) in [6.45, 7) is 15.8. The molecule has 0 aromatic rings. The standard InChI is InChI=1S/C40H64O12/c1-20(2)14-21-15-38(7,46)32-22-8-9-26-36(5)12-11-27(35(3,4)25(36)10-13-37(26,6)39(22)18-40(32,52-21)48-19-39)50-34-31(28(43)23(42)17-47-34)51-33-30(45)29(44)24(16-41)49-33/h14,21-34,41-46H,8-13,15-19H2,1-7H3/t21-,22-,23-,24+,25-,26+,27-,28-,29+,30-,31-,32+,33+,34-,36-,37+,38-,39-,40-/m0/s1. The van der Waals surface area contributed by atoms with Crippen LogP contribution in [-0.4, -0.2) is 123 Å². The van der Waals surface area contributed by atoms with E-state index in [9.17, 15) is 30.6 Å². The van der Waals surface area contributed by atoms with Crippen molar-refractivity contribution in [3.8, 4) is 0 Å². The van der Waals surface area contributed by atoms with Crippen molar-refractivity contribution >= 4 is 0 Å². The number of allylic oxidation sites excluding steroid dienone is 1. The van der Waals surface area contributed by atoms with Gasteiger partial charge in [-0.3, -0.25) is 0 Å². The molecule has 296 valence electrons. The zero-order valence-corrected chi connectivity index (χ0v) is 32.1.